The first kappa shape index (κ1) is 17.0. The van der Waals surface area contributed by atoms with Gasteiger partial charge in [-0.15, -0.1) is 0 Å². The quantitative estimate of drug-likeness (QED) is 0.516. The maximum atomic E-state index is 6.14. The molecule has 2 rings (SSSR count). The van der Waals surface area contributed by atoms with Crippen LogP contribution in [0.25, 0.3) is 0 Å². The van der Waals surface area contributed by atoms with Gasteiger partial charge in [0.2, 0.25) is 5.96 Å². The monoisotopic (exact) mass is 340 g/mol. The molecule has 0 aromatic heterocycles. The number of halogens is 1. The van der Waals surface area contributed by atoms with Gasteiger partial charge in [0, 0.05) is 23.1 Å². The summed E-state index contributed by atoms with van der Waals surface area (Å²) >= 11 is 7.59. The van der Waals surface area contributed by atoms with Crippen molar-refractivity contribution in [2.75, 3.05) is 20.2 Å². The Kier molecular flexibility index (Phi) is 5.58. The minimum Gasteiger partial charge on any atom is -0.495 e. The van der Waals surface area contributed by atoms with Crippen molar-refractivity contribution in [2.24, 2.45) is 15.5 Å². The SMILES string of the molecule is CCN=C(NSc1ccc(OC)c(Cl)c1)N1CC(C)(C)C=N1. The van der Waals surface area contributed by atoms with E-state index in [0.29, 0.717) is 17.3 Å². The molecule has 0 bridgehead atoms. The highest BCUT2D eigenvalue weighted by Crippen LogP contribution is 2.29. The zero-order chi connectivity index (χ0) is 16.2. The lowest BCUT2D eigenvalue weighted by molar-refractivity contribution is 0.380. The zero-order valence-electron chi connectivity index (χ0n) is 13.3. The van der Waals surface area contributed by atoms with Crippen molar-refractivity contribution in [3.63, 3.8) is 0 Å². The lowest BCUT2D eigenvalue weighted by Gasteiger charge is -2.21. The smallest absolute Gasteiger partial charge is 0.225 e. The van der Waals surface area contributed by atoms with Crippen LogP contribution >= 0.6 is 23.5 Å². The van der Waals surface area contributed by atoms with Gasteiger partial charge in [0.15, 0.2) is 0 Å². The molecule has 0 fully saturated rings. The summed E-state index contributed by atoms with van der Waals surface area (Å²) < 4.78 is 8.42. The van der Waals surface area contributed by atoms with E-state index < -0.39 is 0 Å². The van der Waals surface area contributed by atoms with Crippen molar-refractivity contribution in [3.05, 3.63) is 23.2 Å². The number of nitrogens with one attached hydrogen (secondary N) is 1. The van der Waals surface area contributed by atoms with E-state index in [1.807, 2.05) is 36.3 Å². The zero-order valence-corrected chi connectivity index (χ0v) is 14.8. The number of hydrogen-bond donors (Lipinski definition) is 1. The fraction of sp³-hybridized carbons (Fsp3) is 0.467. The summed E-state index contributed by atoms with van der Waals surface area (Å²) in [4.78, 5) is 5.47. The minimum atomic E-state index is 0.0598. The van der Waals surface area contributed by atoms with Gasteiger partial charge in [0.25, 0.3) is 0 Å². The Balaban J connectivity index is 2.03. The fourth-order valence-corrected chi connectivity index (χ4v) is 2.97. The molecule has 1 heterocycles. The molecule has 0 atom stereocenters. The van der Waals surface area contributed by atoms with Crippen LogP contribution in [0.2, 0.25) is 5.02 Å². The van der Waals surface area contributed by atoms with E-state index in [4.69, 9.17) is 16.3 Å². The highest BCUT2D eigenvalue weighted by molar-refractivity contribution is 7.98. The van der Waals surface area contributed by atoms with E-state index >= 15 is 0 Å². The van der Waals surface area contributed by atoms with E-state index in [9.17, 15) is 0 Å². The van der Waals surface area contributed by atoms with Gasteiger partial charge in [-0.25, -0.2) is 5.01 Å². The largest absolute Gasteiger partial charge is 0.495 e. The van der Waals surface area contributed by atoms with Gasteiger partial charge in [-0.05, 0) is 37.1 Å². The first-order valence-electron chi connectivity index (χ1n) is 7.08. The summed E-state index contributed by atoms with van der Waals surface area (Å²) in [6, 6.07) is 5.65. The van der Waals surface area contributed by atoms with Crippen molar-refractivity contribution in [1.82, 2.24) is 9.73 Å². The molecule has 0 radical (unpaired) electrons. The fourth-order valence-electron chi connectivity index (χ4n) is 1.95. The number of hydrogen-bond acceptors (Lipinski definition) is 4. The molecule has 22 heavy (non-hydrogen) atoms. The number of methoxy groups -OCH3 is 1. The molecule has 0 amide bonds. The second-order valence-electron chi connectivity index (χ2n) is 5.59. The maximum Gasteiger partial charge on any atom is 0.225 e. The van der Waals surface area contributed by atoms with E-state index in [2.05, 4.69) is 28.7 Å². The van der Waals surface area contributed by atoms with Crippen LogP contribution in [-0.2, 0) is 0 Å². The van der Waals surface area contributed by atoms with E-state index in [0.717, 1.165) is 17.4 Å². The summed E-state index contributed by atoms with van der Waals surface area (Å²) in [5.74, 6) is 1.42. The van der Waals surface area contributed by atoms with Gasteiger partial charge in [0.05, 0.1) is 18.7 Å². The van der Waals surface area contributed by atoms with Crippen molar-refractivity contribution in [3.8, 4) is 5.75 Å². The van der Waals surface area contributed by atoms with Gasteiger partial charge in [0.1, 0.15) is 5.75 Å². The normalized spacial score (nSPS) is 17.0. The molecule has 1 aliphatic rings. The molecule has 0 spiro atoms. The third kappa shape index (κ3) is 4.30. The van der Waals surface area contributed by atoms with Crippen LogP contribution in [0.3, 0.4) is 0 Å². The molecule has 0 saturated carbocycles. The summed E-state index contributed by atoms with van der Waals surface area (Å²) in [6.45, 7) is 7.80. The molecular formula is C15H21ClN4OS. The Morgan fingerprint density at radius 3 is 2.86 bits per heavy atom. The Morgan fingerprint density at radius 1 is 1.55 bits per heavy atom. The number of ether oxygens (including phenoxy) is 1. The second kappa shape index (κ2) is 7.24. The first-order chi connectivity index (χ1) is 10.4. The molecule has 120 valence electrons. The van der Waals surface area contributed by atoms with E-state index in [-0.39, 0.29) is 5.41 Å². The molecule has 0 aliphatic carbocycles. The number of guanidine groups is 1. The summed E-state index contributed by atoms with van der Waals surface area (Å²) in [5, 5.41) is 6.90. The average Bonchev–Trinajstić information content (AvgIpc) is 2.83. The number of aliphatic imine (C=N–C) groups is 1. The van der Waals surface area contributed by atoms with Crippen molar-refractivity contribution >= 4 is 35.7 Å². The summed E-state index contributed by atoms with van der Waals surface area (Å²) in [7, 11) is 1.60. The average molecular weight is 341 g/mol. The van der Waals surface area contributed by atoms with E-state index in [1.54, 1.807) is 7.11 Å². The number of nitrogens with zero attached hydrogens (tertiary/aromatic N) is 3. The number of hydrazone groups is 1. The molecule has 0 unspecified atom stereocenters. The highest BCUT2D eigenvalue weighted by atomic mass is 35.5. The molecule has 5 nitrogen and oxygen atoms in total. The molecule has 1 N–H and O–H groups in total. The van der Waals surface area contributed by atoms with Crippen LogP contribution in [0.15, 0.2) is 33.2 Å². The third-order valence-corrected chi connectivity index (χ3v) is 4.11. The number of benzene rings is 1. The van der Waals surface area contributed by atoms with Crippen LogP contribution in [0, 0.1) is 5.41 Å². The Labute approximate surface area is 140 Å². The Hall–Kier alpha value is -1.40. The van der Waals surface area contributed by atoms with E-state index in [1.165, 1.54) is 11.9 Å². The van der Waals surface area contributed by atoms with Gasteiger partial charge < -0.3 is 4.74 Å². The van der Waals surface area contributed by atoms with Gasteiger partial charge in [-0.3, -0.25) is 9.71 Å². The van der Waals surface area contributed by atoms with Crippen LogP contribution in [0.4, 0.5) is 0 Å². The van der Waals surface area contributed by atoms with Crippen molar-refractivity contribution < 1.29 is 4.74 Å². The van der Waals surface area contributed by atoms with Crippen LogP contribution in [0.5, 0.6) is 5.75 Å². The number of rotatable bonds is 4. The third-order valence-electron chi connectivity index (χ3n) is 3.04. The lowest BCUT2D eigenvalue weighted by atomic mass is 9.97. The van der Waals surface area contributed by atoms with Crippen molar-refractivity contribution in [1.29, 1.82) is 0 Å². The van der Waals surface area contributed by atoms with Gasteiger partial charge in [-0.1, -0.05) is 25.4 Å². The molecular weight excluding hydrogens is 320 g/mol. The first-order valence-corrected chi connectivity index (χ1v) is 8.28. The summed E-state index contributed by atoms with van der Waals surface area (Å²) in [6.07, 6.45) is 1.95. The van der Waals surface area contributed by atoms with Gasteiger partial charge in [-0.2, -0.15) is 5.10 Å². The standard InChI is InChI=1S/C15H21ClN4OS/c1-5-17-14(20-10-15(2,3)9-18-20)19-22-11-6-7-13(21-4)12(16)8-11/h6-9H,5,10H2,1-4H3,(H,17,19). The van der Waals surface area contributed by atoms with Crippen LogP contribution in [-0.4, -0.2) is 37.4 Å². The Morgan fingerprint density at radius 2 is 2.32 bits per heavy atom. The van der Waals surface area contributed by atoms with Gasteiger partial charge >= 0.3 is 0 Å². The maximum absolute atomic E-state index is 6.14. The molecule has 1 aromatic rings. The predicted octanol–water partition coefficient (Wildman–Crippen LogP) is 3.65. The summed E-state index contributed by atoms with van der Waals surface area (Å²) in [5.41, 5.74) is 0.0598. The topological polar surface area (TPSA) is 49.2 Å². The minimum absolute atomic E-state index is 0.0598. The van der Waals surface area contributed by atoms with Crippen LogP contribution in [0.1, 0.15) is 20.8 Å². The van der Waals surface area contributed by atoms with Crippen molar-refractivity contribution in [2.45, 2.75) is 25.7 Å². The molecule has 1 aromatic carbocycles. The molecule has 7 heteroatoms. The Bertz CT molecular complexity index is 589. The second-order valence-corrected chi connectivity index (χ2v) is 6.88. The molecule has 1 aliphatic heterocycles. The van der Waals surface area contributed by atoms with Crippen LogP contribution < -0.4 is 9.46 Å². The predicted molar refractivity (Wildman–Crippen MR) is 94.0 cm³/mol. The lowest BCUT2D eigenvalue weighted by Crippen LogP contribution is -2.36. The molecule has 0 saturated heterocycles. The highest BCUT2D eigenvalue weighted by Gasteiger charge is 2.27.